The predicted molar refractivity (Wildman–Crippen MR) is 57.0 cm³/mol. The summed E-state index contributed by atoms with van der Waals surface area (Å²) in [5.41, 5.74) is 0. The summed E-state index contributed by atoms with van der Waals surface area (Å²) >= 11 is 0. The van der Waals surface area contributed by atoms with Crippen LogP contribution >= 0.6 is 0 Å². The minimum atomic E-state index is -0.328. The van der Waals surface area contributed by atoms with E-state index in [1.165, 1.54) is 0 Å². The third kappa shape index (κ3) is 6.62. The molecule has 0 heterocycles. The van der Waals surface area contributed by atoms with E-state index in [1.54, 1.807) is 19.9 Å². The van der Waals surface area contributed by atoms with E-state index in [-0.39, 0.29) is 18.1 Å². The molecular formula is C10H20N2O2. The summed E-state index contributed by atoms with van der Waals surface area (Å²) in [7, 11) is 0. The number of rotatable bonds is 7. The molecule has 0 aromatic carbocycles. The molecule has 0 bridgehead atoms. The van der Waals surface area contributed by atoms with Gasteiger partial charge in [0.15, 0.2) is 0 Å². The lowest BCUT2D eigenvalue weighted by Gasteiger charge is -2.13. The first-order valence-corrected chi connectivity index (χ1v) is 4.88. The van der Waals surface area contributed by atoms with Crippen LogP contribution in [-0.2, 0) is 4.79 Å². The molecule has 0 aromatic rings. The summed E-state index contributed by atoms with van der Waals surface area (Å²) in [6, 6.07) is -0.228. The topological polar surface area (TPSA) is 61.4 Å². The molecule has 2 atom stereocenters. The first kappa shape index (κ1) is 13.1. The Morgan fingerprint density at radius 1 is 1.57 bits per heavy atom. The summed E-state index contributed by atoms with van der Waals surface area (Å²) in [5, 5.41) is 14.7. The average Bonchev–Trinajstić information content (AvgIpc) is 2.13. The Kier molecular flexibility index (Phi) is 7.06. The van der Waals surface area contributed by atoms with Crippen LogP contribution in [0.4, 0.5) is 0 Å². The predicted octanol–water partition coefficient (Wildman–Crippen LogP) is 0.0376. The number of hydrogen-bond donors (Lipinski definition) is 3. The van der Waals surface area contributed by atoms with Crippen molar-refractivity contribution in [2.75, 3.05) is 13.1 Å². The number of nitrogens with one attached hydrogen (secondary N) is 2. The molecule has 0 aliphatic heterocycles. The highest BCUT2D eigenvalue weighted by molar-refractivity contribution is 5.81. The largest absolute Gasteiger partial charge is 0.393 e. The summed E-state index contributed by atoms with van der Waals surface area (Å²) in [6.45, 7) is 8.15. The van der Waals surface area contributed by atoms with Crippen LogP contribution in [0.25, 0.3) is 0 Å². The molecule has 3 N–H and O–H groups in total. The quantitative estimate of drug-likeness (QED) is 0.508. The van der Waals surface area contributed by atoms with Gasteiger partial charge < -0.3 is 15.7 Å². The van der Waals surface area contributed by atoms with Gasteiger partial charge in [-0.1, -0.05) is 6.08 Å². The first-order chi connectivity index (χ1) is 6.57. The highest BCUT2D eigenvalue weighted by Gasteiger charge is 2.10. The number of carbonyl (C=O) groups excluding carboxylic acids is 1. The van der Waals surface area contributed by atoms with Crippen LogP contribution in [0.3, 0.4) is 0 Å². The van der Waals surface area contributed by atoms with Crippen LogP contribution < -0.4 is 10.6 Å². The molecule has 0 aromatic heterocycles. The number of hydrogen-bond acceptors (Lipinski definition) is 3. The zero-order chi connectivity index (χ0) is 11.0. The van der Waals surface area contributed by atoms with Gasteiger partial charge in [-0.3, -0.25) is 4.79 Å². The van der Waals surface area contributed by atoms with Gasteiger partial charge in [0.1, 0.15) is 0 Å². The molecule has 0 aliphatic rings. The summed E-state index contributed by atoms with van der Waals surface area (Å²) in [4.78, 5) is 11.3. The molecule has 1 amide bonds. The Morgan fingerprint density at radius 3 is 2.71 bits per heavy atom. The zero-order valence-electron chi connectivity index (χ0n) is 8.92. The van der Waals surface area contributed by atoms with Gasteiger partial charge in [0, 0.05) is 6.54 Å². The highest BCUT2D eigenvalue weighted by Crippen LogP contribution is 1.88. The second-order valence-electron chi connectivity index (χ2n) is 3.35. The Bertz CT molecular complexity index is 181. The minimum Gasteiger partial charge on any atom is -0.393 e. The summed E-state index contributed by atoms with van der Waals surface area (Å²) < 4.78 is 0. The number of carbonyl (C=O) groups is 1. The fourth-order valence-corrected chi connectivity index (χ4v) is 0.927. The molecule has 4 nitrogen and oxygen atoms in total. The molecule has 0 saturated carbocycles. The van der Waals surface area contributed by atoms with Crippen molar-refractivity contribution in [2.24, 2.45) is 0 Å². The van der Waals surface area contributed by atoms with E-state index < -0.39 is 0 Å². The lowest BCUT2D eigenvalue weighted by Crippen LogP contribution is -2.42. The fraction of sp³-hybridized carbons (Fsp3) is 0.700. The lowest BCUT2D eigenvalue weighted by molar-refractivity contribution is -0.122. The molecule has 0 radical (unpaired) electrons. The van der Waals surface area contributed by atoms with Crippen LogP contribution in [0, 0.1) is 0 Å². The van der Waals surface area contributed by atoms with Crippen LogP contribution in [0.2, 0.25) is 0 Å². The first-order valence-electron chi connectivity index (χ1n) is 4.88. The second-order valence-corrected chi connectivity index (χ2v) is 3.35. The SMILES string of the molecule is C=CCNC(=O)C(C)NCCC(C)O. The molecular weight excluding hydrogens is 180 g/mol. The van der Waals surface area contributed by atoms with Crippen molar-refractivity contribution in [3.05, 3.63) is 12.7 Å². The maximum absolute atomic E-state index is 11.3. The van der Waals surface area contributed by atoms with E-state index in [2.05, 4.69) is 17.2 Å². The van der Waals surface area contributed by atoms with Crippen molar-refractivity contribution in [3.8, 4) is 0 Å². The highest BCUT2D eigenvalue weighted by atomic mass is 16.3. The van der Waals surface area contributed by atoms with E-state index in [1.807, 2.05) is 0 Å². The Hall–Kier alpha value is -0.870. The Balaban J connectivity index is 3.56. The van der Waals surface area contributed by atoms with Crippen molar-refractivity contribution in [1.82, 2.24) is 10.6 Å². The summed E-state index contributed by atoms with van der Waals surface area (Å²) in [6.07, 6.45) is 1.96. The van der Waals surface area contributed by atoms with E-state index in [4.69, 9.17) is 5.11 Å². The molecule has 0 aliphatic carbocycles. The van der Waals surface area contributed by atoms with Gasteiger partial charge in [-0.25, -0.2) is 0 Å². The lowest BCUT2D eigenvalue weighted by atomic mass is 10.2. The zero-order valence-corrected chi connectivity index (χ0v) is 8.92. The van der Waals surface area contributed by atoms with Crippen LogP contribution in [0.1, 0.15) is 20.3 Å². The third-order valence-electron chi connectivity index (χ3n) is 1.83. The standard InChI is InChI=1S/C10H20N2O2/c1-4-6-12-10(14)9(3)11-7-5-8(2)13/h4,8-9,11,13H,1,5-7H2,2-3H3,(H,12,14). The maximum atomic E-state index is 11.3. The van der Waals surface area contributed by atoms with Gasteiger partial charge in [-0.15, -0.1) is 6.58 Å². The Morgan fingerprint density at radius 2 is 2.21 bits per heavy atom. The molecule has 0 rings (SSSR count). The molecule has 2 unspecified atom stereocenters. The second kappa shape index (κ2) is 7.53. The van der Waals surface area contributed by atoms with Crippen molar-refractivity contribution in [2.45, 2.75) is 32.4 Å². The van der Waals surface area contributed by atoms with Crippen LogP contribution in [-0.4, -0.2) is 36.2 Å². The van der Waals surface area contributed by atoms with E-state index in [9.17, 15) is 4.79 Å². The number of amides is 1. The van der Waals surface area contributed by atoms with Crippen molar-refractivity contribution < 1.29 is 9.90 Å². The van der Waals surface area contributed by atoms with Gasteiger partial charge in [-0.05, 0) is 26.8 Å². The summed E-state index contributed by atoms with van der Waals surface area (Å²) in [5.74, 6) is -0.0458. The molecule has 0 fully saturated rings. The van der Waals surface area contributed by atoms with E-state index >= 15 is 0 Å². The van der Waals surface area contributed by atoms with Crippen LogP contribution in [0.15, 0.2) is 12.7 Å². The van der Waals surface area contributed by atoms with Crippen LogP contribution in [0.5, 0.6) is 0 Å². The van der Waals surface area contributed by atoms with Crippen molar-refractivity contribution >= 4 is 5.91 Å². The number of aliphatic hydroxyl groups is 1. The van der Waals surface area contributed by atoms with Gasteiger partial charge >= 0.3 is 0 Å². The molecule has 0 spiro atoms. The van der Waals surface area contributed by atoms with Gasteiger partial charge in [0.2, 0.25) is 5.91 Å². The molecule has 82 valence electrons. The monoisotopic (exact) mass is 200 g/mol. The van der Waals surface area contributed by atoms with Gasteiger partial charge in [0.05, 0.1) is 12.1 Å². The maximum Gasteiger partial charge on any atom is 0.237 e. The van der Waals surface area contributed by atoms with E-state index in [0.29, 0.717) is 19.5 Å². The van der Waals surface area contributed by atoms with Gasteiger partial charge in [-0.2, -0.15) is 0 Å². The molecule has 0 saturated heterocycles. The smallest absolute Gasteiger partial charge is 0.237 e. The van der Waals surface area contributed by atoms with E-state index in [0.717, 1.165) is 0 Å². The number of aliphatic hydroxyl groups excluding tert-OH is 1. The molecule has 4 heteroatoms. The fourth-order valence-electron chi connectivity index (χ4n) is 0.927. The minimum absolute atomic E-state index is 0.0458. The molecule has 14 heavy (non-hydrogen) atoms. The Labute approximate surface area is 85.4 Å². The normalized spacial score (nSPS) is 14.5. The van der Waals surface area contributed by atoms with Crippen molar-refractivity contribution in [1.29, 1.82) is 0 Å². The average molecular weight is 200 g/mol. The van der Waals surface area contributed by atoms with Gasteiger partial charge in [0.25, 0.3) is 0 Å². The third-order valence-corrected chi connectivity index (χ3v) is 1.83. The van der Waals surface area contributed by atoms with Crippen molar-refractivity contribution in [3.63, 3.8) is 0 Å².